The van der Waals surface area contributed by atoms with Crippen LogP contribution in [0.5, 0.6) is 5.75 Å². The molecule has 1 aliphatic carbocycles. The molecule has 0 spiro atoms. The number of benzene rings is 2. The normalized spacial score (nSPS) is 18.5. The number of aromatic nitrogens is 2. The van der Waals surface area contributed by atoms with Gasteiger partial charge >= 0.3 is 6.36 Å². The van der Waals surface area contributed by atoms with Crippen molar-refractivity contribution in [3.8, 4) is 5.75 Å². The van der Waals surface area contributed by atoms with Gasteiger partial charge in [-0.3, -0.25) is 4.79 Å². The maximum atomic E-state index is 12.9. The molecular weight excluding hydrogens is 507 g/mol. The second-order valence-corrected chi connectivity index (χ2v) is 9.42. The zero-order valence-corrected chi connectivity index (χ0v) is 21.5. The van der Waals surface area contributed by atoms with Crippen LogP contribution in [0.25, 0.3) is 10.9 Å². The number of hydrogen-bond donors (Lipinski definition) is 2. The highest BCUT2D eigenvalue weighted by Crippen LogP contribution is 2.38. The molecule has 1 heterocycles. The number of para-hydroxylation sites is 2. The van der Waals surface area contributed by atoms with Crippen LogP contribution in [0, 0.1) is 5.92 Å². The van der Waals surface area contributed by atoms with Gasteiger partial charge in [-0.05, 0) is 56.2 Å². The first kappa shape index (κ1) is 28.3. The van der Waals surface area contributed by atoms with Gasteiger partial charge in [0.25, 0.3) is 0 Å². The van der Waals surface area contributed by atoms with E-state index in [0.717, 1.165) is 42.4 Å². The molecule has 37 heavy (non-hydrogen) atoms. The lowest BCUT2D eigenvalue weighted by Gasteiger charge is -2.31. The average molecular weight is 538 g/mol. The van der Waals surface area contributed by atoms with Gasteiger partial charge in [0.1, 0.15) is 11.6 Å². The number of anilines is 2. The van der Waals surface area contributed by atoms with Gasteiger partial charge in [0, 0.05) is 31.1 Å². The summed E-state index contributed by atoms with van der Waals surface area (Å²) in [7, 11) is 3.88. The number of nitrogens with one attached hydrogen (secondary N) is 1. The van der Waals surface area contributed by atoms with Crippen molar-refractivity contribution < 1.29 is 22.7 Å². The van der Waals surface area contributed by atoms with E-state index in [1.165, 1.54) is 18.2 Å². The van der Waals surface area contributed by atoms with Crippen molar-refractivity contribution in [2.45, 2.75) is 50.4 Å². The van der Waals surface area contributed by atoms with Crippen molar-refractivity contribution in [1.29, 1.82) is 0 Å². The number of carbonyl (C=O) groups excluding carboxylic acids is 1. The van der Waals surface area contributed by atoms with Crippen molar-refractivity contribution in [1.82, 2.24) is 9.97 Å². The van der Waals surface area contributed by atoms with Crippen LogP contribution in [0.1, 0.15) is 43.6 Å². The van der Waals surface area contributed by atoms with Gasteiger partial charge in [0.2, 0.25) is 11.9 Å². The van der Waals surface area contributed by atoms with E-state index in [0.29, 0.717) is 12.4 Å². The number of fused-ring (bicyclic) bond motifs is 1. The molecule has 1 unspecified atom stereocenters. The van der Waals surface area contributed by atoms with E-state index in [2.05, 4.69) is 15.0 Å². The van der Waals surface area contributed by atoms with Gasteiger partial charge in [-0.25, -0.2) is 4.98 Å². The SMILES string of the molecule is CN(C)c1nc(NC2CCC(CC(C(N)=O)c3ccccc3OC(F)(F)F)CC2)nc2ccccc12.Cl. The van der Waals surface area contributed by atoms with Gasteiger partial charge in [-0.15, -0.1) is 25.6 Å². The molecule has 1 aliphatic rings. The molecule has 0 aliphatic heterocycles. The highest BCUT2D eigenvalue weighted by atomic mass is 35.5. The smallest absolute Gasteiger partial charge is 0.405 e. The van der Waals surface area contributed by atoms with Crippen molar-refractivity contribution in [2.24, 2.45) is 11.7 Å². The van der Waals surface area contributed by atoms with E-state index >= 15 is 0 Å². The molecule has 3 aromatic rings. The molecule has 1 atom stereocenters. The fraction of sp³-hybridized carbons (Fsp3) is 0.423. The summed E-state index contributed by atoms with van der Waals surface area (Å²) >= 11 is 0. The highest BCUT2D eigenvalue weighted by Gasteiger charge is 2.35. The van der Waals surface area contributed by atoms with Gasteiger partial charge in [0.15, 0.2) is 0 Å². The fourth-order valence-electron chi connectivity index (χ4n) is 4.91. The molecule has 3 N–H and O–H groups in total. The topological polar surface area (TPSA) is 93.4 Å². The van der Waals surface area contributed by atoms with Gasteiger partial charge < -0.3 is 20.7 Å². The van der Waals surface area contributed by atoms with Crippen molar-refractivity contribution in [2.75, 3.05) is 24.3 Å². The minimum Gasteiger partial charge on any atom is -0.405 e. The van der Waals surface area contributed by atoms with E-state index in [-0.39, 0.29) is 35.7 Å². The molecule has 200 valence electrons. The summed E-state index contributed by atoms with van der Waals surface area (Å²) in [5.41, 5.74) is 6.65. The van der Waals surface area contributed by atoms with Gasteiger partial charge in [-0.2, -0.15) is 4.98 Å². The second kappa shape index (κ2) is 11.9. The molecule has 1 fully saturated rings. The Morgan fingerprint density at radius 1 is 1.08 bits per heavy atom. The van der Waals surface area contributed by atoms with Crippen molar-refractivity contribution in [3.63, 3.8) is 0 Å². The summed E-state index contributed by atoms with van der Waals surface area (Å²) in [5, 5.41) is 4.42. The molecule has 7 nitrogen and oxygen atoms in total. The molecule has 4 rings (SSSR count). The van der Waals surface area contributed by atoms with E-state index in [1.807, 2.05) is 43.3 Å². The average Bonchev–Trinajstić information content (AvgIpc) is 2.82. The second-order valence-electron chi connectivity index (χ2n) is 9.42. The van der Waals surface area contributed by atoms with Crippen LogP contribution in [0.15, 0.2) is 48.5 Å². The van der Waals surface area contributed by atoms with E-state index in [4.69, 9.17) is 10.7 Å². The van der Waals surface area contributed by atoms with E-state index in [1.54, 1.807) is 6.07 Å². The zero-order valence-electron chi connectivity index (χ0n) is 20.7. The molecule has 1 saturated carbocycles. The Hall–Kier alpha value is -3.27. The summed E-state index contributed by atoms with van der Waals surface area (Å²) in [6, 6.07) is 13.7. The number of nitrogens with two attached hydrogens (primary N) is 1. The minimum absolute atomic E-state index is 0. The third kappa shape index (κ3) is 7.15. The van der Waals surface area contributed by atoms with Crippen LogP contribution in [0.4, 0.5) is 24.9 Å². The maximum absolute atomic E-state index is 12.9. The first-order valence-electron chi connectivity index (χ1n) is 12.0. The number of rotatable bonds is 8. The summed E-state index contributed by atoms with van der Waals surface area (Å²) in [5.74, 6) is -0.350. The van der Waals surface area contributed by atoms with Crippen LogP contribution >= 0.6 is 12.4 Å². The molecular formula is C26H31ClF3N5O2. The lowest BCUT2D eigenvalue weighted by atomic mass is 9.78. The van der Waals surface area contributed by atoms with Crippen LogP contribution in [0.3, 0.4) is 0 Å². The Kier molecular flexibility index (Phi) is 9.07. The quantitative estimate of drug-likeness (QED) is 0.386. The Morgan fingerprint density at radius 3 is 2.38 bits per heavy atom. The monoisotopic (exact) mass is 537 g/mol. The van der Waals surface area contributed by atoms with Crippen LogP contribution in [-0.4, -0.2) is 42.4 Å². The van der Waals surface area contributed by atoms with Crippen LogP contribution < -0.4 is 20.7 Å². The number of alkyl halides is 3. The third-order valence-corrected chi connectivity index (χ3v) is 6.62. The van der Waals surface area contributed by atoms with E-state index in [9.17, 15) is 18.0 Å². The summed E-state index contributed by atoms with van der Waals surface area (Å²) in [4.78, 5) is 23.6. The number of nitrogens with zero attached hydrogens (tertiary/aromatic N) is 3. The number of ether oxygens (including phenoxy) is 1. The summed E-state index contributed by atoms with van der Waals surface area (Å²) in [6.45, 7) is 0. The molecule has 1 aromatic heterocycles. The Bertz CT molecular complexity index is 1220. The number of halogens is 4. The largest absolute Gasteiger partial charge is 0.573 e. The van der Waals surface area contributed by atoms with Gasteiger partial charge in [-0.1, -0.05) is 30.3 Å². The number of primary amides is 1. The fourth-order valence-corrected chi connectivity index (χ4v) is 4.91. The summed E-state index contributed by atoms with van der Waals surface area (Å²) < 4.78 is 42.7. The molecule has 0 bridgehead atoms. The molecule has 2 aromatic carbocycles. The Labute approximate surface area is 220 Å². The third-order valence-electron chi connectivity index (χ3n) is 6.62. The standard InChI is InChI=1S/C26H30F3N5O2.ClH/c1-34(2)24-19-8-3-5-9-21(19)32-25(33-24)31-17-13-11-16(12-14-17)15-20(23(30)35)18-7-4-6-10-22(18)36-26(27,28)29;/h3-10,16-17,20H,11-15H2,1-2H3,(H2,30,35)(H,31,32,33);1H. The first-order valence-corrected chi connectivity index (χ1v) is 12.0. The Balaban J connectivity index is 0.00000380. The molecule has 0 saturated heterocycles. The minimum atomic E-state index is -4.85. The molecule has 11 heteroatoms. The van der Waals surface area contributed by atoms with Crippen molar-refractivity contribution >= 4 is 41.0 Å². The predicted molar refractivity (Wildman–Crippen MR) is 140 cm³/mol. The lowest BCUT2D eigenvalue weighted by Crippen LogP contribution is -2.30. The Morgan fingerprint density at radius 2 is 1.73 bits per heavy atom. The number of hydrogen-bond acceptors (Lipinski definition) is 6. The lowest BCUT2D eigenvalue weighted by molar-refractivity contribution is -0.275. The van der Waals surface area contributed by atoms with Crippen LogP contribution in [0.2, 0.25) is 0 Å². The number of carbonyl (C=O) groups is 1. The zero-order chi connectivity index (χ0) is 25.9. The summed E-state index contributed by atoms with van der Waals surface area (Å²) in [6.07, 6.45) is -1.22. The van der Waals surface area contributed by atoms with Crippen molar-refractivity contribution in [3.05, 3.63) is 54.1 Å². The van der Waals surface area contributed by atoms with Gasteiger partial charge in [0.05, 0.1) is 11.4 Å². The van der Waals surface area contributed by atoms with E-state index < -0.39 is 18.2 Å². The maximum Gasteiger partial charge on any atom is 0.573 e. The van der Waals surface area contributed by atoms with Crippen LogP contribution in [-0.2, 0) is 4.79 Å². The predicted octanol–water partition coefficient (Wildman–Crippen LogP) is 5.65. The first-order chi connectivity index (χ1) is 17.1. The molecule has 0 radical (unpaired) electrons. The highest BCUT2D eigenvalue weighted by molar-refractivity contribution is 5.90. The molecule has 1 amide bonds. The number of amides is 1.